The Morgan fingerprint density at radius 3 is 2.84 bits per heavy atom. The van der Waals surface area contributed by atoms with Crippen LogP contribution >= 0.6 is 0 Å². The summed E-state index contributed by atoms with van der Waals surface area (Å²) in [6.07, 6.45) is 7.92. The zero-order valence-electron chi connectivity index (χ0n) is 12.2. The van der Waals surface area contributed by atoms with Gasteiger partial charge in [-0.3, -0.25) is 4.79 Å². The number of nitrogens with one attached hydrogen (secondary N) is 1. The van der Waals surface area contributed by atoms with Crippen molar-refractivity contribution in [3.8, 4) is 0 Å². The van der Waals surface area contributed by atoms with Gasteiger partial charge in [-0.25, -0.2) is 0 Å². The van der Waals surface area contributed by atoms with Crippen molar-refractivity contribution in [1.29, 1.82) is 0 Å². The third kappa shape index (κ3) is 4.77. The second-order valence-corrected chi connectivity index (χ2v) is 5.75. The molecule has 1 N–H and O–H groups in total. The summed E-state index contributed by atoms with van der Waals surface area (Å²) in [5, 5.41) is 3.52. The minimum Gasteiger partial charge on any atom is -0.378 e. The maximum atomic E-state index is 12.2. The highest BCUT2D eigenvalue weighted by Crippen LogP contribution is 2.17. The quantitative estimate of drug-likeness (QED) is 0.800. The largest absolute Gasteiger partial charge is 0.378 e. The summed E-state index contributed by atoms with van der Waals surface area (Å²) in [5.41, 5.74) is 0. The Labute approximate surface area is 116 Å². The van der Waals surface area contributed by atoms with Gasteiger partial charge in [-0.1, -0.05) is 6.42 Å². The maximum Gasteiger partial charge on any atom is 0.222 e. The number of carbonyl (C=O) groups excluding carboxylic acids is 1. The molecule has 4 heteroatoms. The van der Waals surface area contributed by atoms with E-state index < -0.39 is 0 Å². The number of hydrogen-bond donors (Lipinski definition) is 1. The molecule has 2 aliphatic heterocycles. The molecule has 2 heterocycles. The fourth-order valence-electron chi connectivity index (χ4n) is 3.07. The SMILES string of the molecule is CCN(CC1CCCCN1)C(=O)CCC1CCCO1. The van der Waals surface area contributed by atoms with E-state index in [1.54, 1.807) is 0 Å². The molecule has 0 aromatic carbocycles. The molecule has 1 amide bonds. The first-order valence-electron chi connectivity index (χ1n) is 7.92. The summed E-state index contributed by atoms with van der Waals surface area (Å²) in [6.45, 7) is 5.75. The molecular weight excluding hydrogens is 240 g/mol. The van der Waals surface area contributed by atoms with Gasteiger partial charge in [0.05, 0.1) is 6.10 Å². The van der Waals surface area contributed by atoms with E-state index in [1.807, 2.05) is 4.90 Å². The van der Waals surface area contributed by atoms with Gasteiger partial charge >= 0.3 is 0 Å². The average Bonchev–Trinajstić information content (AvgIpc) is 2.96. The molecule has 2 saturated heterocycles. The van der Waals surface area contributed by atoms with E-state index in [1.165, 1.54) is 19.3 Å². The molecule has 0 spiro atoms. The highest BCUT2D eigenvalue weighted by molar-refractivity contribution is 5.76. The van der Waals surface area contributed by atoms with E-state index in [0.29, 0.717) is 24.5 Å². The van der Waals surface area contributed by atoms with Gasteiger partial charge in [-0.2, -0.15) is 0 Å². The summed E-state index contributed by atoms with van der Waals surface area (Å²) < 4.78 is 5.58. The fourth-order valence-corrected chi connectivity index (χ4v) is 3.07. The number of piperidine rings is 1. The summed E-state index contributed by atoms with van der Waals surface area (Å²) in [5.74, 6) is 0.297. The van der Waals surface area contributed by atoms with Crippen molar-refractivity contribution in [1.82, 2.24) is 10.2 Å². The third-order valence-corrected chi connectivity index (χ3v) is 4.29. The van der Waals surface area contributed by atoms with Crippen molar-refractivity contribution >= 4 is 5.91 Å². The van der Waals surface area contributed by atoms with Crippen LogP contribution in [0.25, 0.3) is 0 Å². The van der Waals surface area contributed by atoms with Gasteiger partial charge in [0, 0.05) is 32.2 Å². The molecule has 0 aromatic rings. The molecule has 0 radical (unpaired) electrons. The predicted octanol–water partition coefficient (Wildman–Crippen LogP) is 1.94. The van der Waals surface area contributed by atoms with Crippen LogP contribution in [0.2, 0.25) is 0 Å². The first-order chi connectivity index (χ1) is 9.29. The van der Waals surface area contributed by atoms with Gasteiger partial charge < -0.3 is 15.0 Å². The van der Waals surface area contributed by atoms with Crippen molar-refractivity contribution in [2.45, 2.75) is 64.0 Å². The van der Waals surface area contributed by atoms with Crippen molar-refractivity contribution in [2.24, 2.45) is 0 Å². The van der Waals surface area contributed by atoms with Crippen LogP contribution in [0.5, 0.6) is 0 Å². The molecule has 2 unspecified atom stereocenters. The van der Waals surface area contributed by atoms with Crippen LogP contribution < -0.4 is 5.32 Å². The first-order valence-corrected chi connectivity index (χ1v) is 7.92. The van der Waals surface area contributed by atoms with E-state index in [2.05, 4.69) is 12.2 Å². The number of ether oxygens (including phenoxy) is 1. The number of hydrogen-bond acceptors (Lipinski definition) is 3. The second-order valence-electron chi connectivity index (χ2n) is 5.75. The second kappa shape index (κ2) is 7.85. The molecule has 0 aliphatic carbocycles. The smallest absolute Gasteiger partial charge is 0.222 e. The lowest BCUT2D eigenvalue weighted by atomic mass is 10.0. The van der Waals surface area contributed by atoms with Crippen LogP contribution in [0, 0.1) is 0 Å². The molecule has 110 valence electrons. The Morgan fingerprint density at radius 2 is 2.21 bits per heavy atom. The van der Waals surface area contributed by atoms with Gasteiger partial charge in [0.25, 0.3) is 0 Å². The summed E-state index contributed by atoms with van der Waals surface area (Å²) in [7, 11) is 0. The number of rotatable bonds is 6. The lowest BCUT2D eigenvalue weighted by molar-refractivity contribution is -0.132. The lowest BCUT2D eigenvalue weighted by Gasteiger charge is -2.30. The average molecular weight is 268 g/mol. The molecule has 2 fully saturated rings. The highest BCUT2D eigenvalue weighted by atomic mass is 16.5. The summed E-state index contributed by atoms with van der Waals surface area (Å²) in [6, 6.07) is 0.500. The minimum absolute atomic E-state index is 0.297. The van der Waals surface area contributed by atoms with Gasteiger partial charge in [0.1, 0.15) is 0 Å². The molecule has 4 nitrogen and oxygen atoms in total. The molecule has 19 heavy (non-hydrogen) atoms. The van der Waals surface area contributed by atoms with Crippen LogP contribution in [0.3, 0.4) is 0 Å². The zero-order chi connectivity index (χ0) is 13.5. The topological polar surface area (TPSA) is 41.6 Å². The Hall–Kier alpha value is -0.610. The van der Waals surface area contributed by atoms with Crippen LogP contribution in [0.4, 0.5) is 0 Å². The lowest BCUT2D eigenvalue weighted by Crippen LogP contribution is -2.45. The van der Waals surface area contributed by atoms with Gasteiger partial charge in [-0.05, 0) is 45.6 Å². The van der Waals surface area contributed by atoms with Crippen molar-refractivity contribution in [2.75, 3.05) is 26.2 Å². The number of amides is 1. The van der Waals surface area contributed by atoms with Crippen molar-refractivity contribution in [3.05, 3.63) is 0 Å². The monoisotopic (exact) mass is 268 g/mol. The number of carbonyl (C=O) groups is 1. The molecular formula is C15H28N2O2. The van der Waals surface area contributed by atoms with Crippen LogP contribution in [0.1, 0.15) is 51.9 Å². The Kier molecular flexibility index (Phi) is 6.11. The summed E-state index contributed by atoms with van der Waals surface area (Å²) in [4.78, 5) is 14.3. The van der Waals surface area contributed by atoms with Crippen LogP contribution in [0.15, 0.2) is 0 Å². The van der Waals surface area contributed by atoms with E-state index in [0.717, 1.165) is 45.5 Å². The molecule has 2 aliphatic rings. The molecule has 0 saturated carbocycles. The Morgan fingerprint density at radius 1 is 1.32 bits per heavy atom. The number of nitrogens with zero attached hydrogens (tertiary/aromatic N) is 1. The Bertz CT molecular complexity index is 271. The summed E-state index contributed by atoms with van der Waals surface area (Å²) >= 11 is 0. The zero-order valence-corrected chi connectivity index (χ0v) is 12.2. The van der Waals surface area contributed by atoms with Crippen molar-refractivity contribution < 1.29 is 9.53 Å². The fraction of sp³-hybridized carbons (Fsp3) is 0.933. The van der Waals surface area contributed by atoms with Gasteiger partial charge in [0.15, 0.2) is 0 Å². The third-order valence-electron chi connectivity index (χ3n) is 4.29. The molecule has 0 aromatic heterocycles. The van der Waals surface area contributed by atoms with Gasteiger partial charge in [0.2, 0.25) is 5.91 Å². The van der Waals surface area contributed by atoms with E-state index in [9.17, 15) is 4.79 Å². The van der Waals surface area contributed by atoms with Gasteiger partial charge in [-0.15, -0.1) is 0 Å². The van der Waals surface area contributed by atoms with E-state index in [-0.39, 0.29) is 0 Å². The standard InChI is InChI=1S/C15H28N2O2/c1-2-17(12-13-6-3-4-10-16-13)15(18)9-8-14-7-5-11-19-14/h13-14,16H,2-12H2,1H3. The predicted molar refractivity (Wildman–Crippen MR) is 76.1 cm³/mol. The minimum atomic E-state index is 0.297. The first kappa shape index (κ1) is 14.8. The van der Waals surface area contributed by atoms with Crippen LogP contribution in [-0.4, -0.2) is 49.2 Å². The molecule has 2 rings (SSSR count). The normalized spacial score (nSPS) is 27.4. The number of likely N-dealkylation sites (N-methyl/N-ethyl adjacent to an activating group) is 1. The Balaban J connectivity index is 1.70. The van der Waals surface area contributed by atoms with E-state index >= 15 is 0 Å². The highest BCUT2D eigenvalue weighted by Gasteiger charge is 2.21. The molecule has 2 atom stereocenters. The van der Waals surface area contributed by atoms with Crippen molar-refractivity contribution in [3.63, 3.8) is 0 Å². The van der Waals surface area contributed by atoms with Crippen LogP contribution in [-0.2, 0) is 9.53 Å². The van der Waals surface area contributed by atoms with E-state index in [4.69, 9.17) is 4.74 Å². The maximum absolute atomic E-state index is 12.2. The molecule has 0 bridgehead atoms.